The van der Waals surface area contributed by atoms with Gasteiger partial charge >= 0.3 is 11.9 Å². The summed E-state index contributed by atoms with van der Waals surface area (Å²) < 4.78 is 10.5. The second kappa shape index (κ2) is 17.8. The molecule has 3 rings (SSSR count). The first-order chi connectivity index (χ1) is 22.3. The summed E-state index contributed by atoms with van der Waals surface area (Å²) in [6.45, 7) is 5.76. The highest BCUT2D eigenvalue weighted by Gasteiger charge is 2.35. The Balaban J connectivity index is 1.69. The van der Waals surface area contributed by atoms with Crippen molar-refractivity contribution >= 4 is 41.0 Å². The highest BCUT2D eigenvalue weighted by atomic mass is 32.1. The van der Waals surface area contributed by atoms with Gasteiger partial charge in [0.2, 0.25) is 12.1 Å². The van der Waals surface area contributed by atoms with E-state index in [-0.39, 0.29) is 24.5 Å². The number of piperidine rings is 1. The molecular weight excluding hydrogens is 628 g/mol. The largest absolute Gasteiger partial charge is 0.468 e. The van der Waals surface area contributed by atoms with E-state index in [0.717, 1.165) is 36.3 Å². The maximum atomic E-state index is 13.3. The van der Waals surface area contributed by atoms with Gasteiger partial charge < -0.3 is 24.8 Å². The number of carbonyl (C=O) groups is 5. The molecule has 0 aliphatic carbocycles. The molecule has 1 saturated heterocycles. The van der Waals surface area contributed by atoms with E-state index in [1.165, 1.54) is 31.4 Å². The van der Waals surface area contributed by atoms with Gasteiger partial charge in [0.15, 0.2) is 6.10 Å². The Morgan fingerprint density at radius 3 is 2.47 bits per heavy atom. The number of hydrogen-bond acceptors (Lipinski definition) is 12. The molecule has 1 aliphatic heterocycles. The molecule has 1 aliphatic rings. The summed E-state index contributed by atoms with van der Waals surface area (Å²) in [5.41, 5.74) is 6.10. The minimum Gasteiger partial charge on any atom is -0.468 e. The summed E-state index contributed by atoms with van der Waals surface area (Å²) in [5, 5.41) is 14.9. The predicted octanol–water partition coefficient (Wildman–Crippen LogP) is 1.56. The minimum atomic E-state index is -1.75. The molecule has 0 saturated carbocycles. The van der Waals surface area contributed by atoms with E-state index < -0.39 is 60.1 Å². The molecular formula is C32H46N6O8S. The van der Waals surface area contributed by atoms with Crippen molar-refractivity contribution in [1.29, 1.82) is 0 Å². The number of amides is 3. The number of likely N-dealkylation sites (N-methyl/N-ethyl adjacent to an activating group) is 2. The van der Waals surface area contributed by atoms with E-state index in [4.69, 9.17) is 9.47 Å². The van der Waals surface area contributed by atoms with Crippen molar-refractivity contribution in [3.63, 3.8) is 0 Å². The molecule has 47 heavy (non-hydrogen) atoms. The Morgan fingerprint density at radius 1 is 1.15 bits per heavy atom. The zero-order chi connectivity index (χ0) is 34.7. The van der Waals surface area contributed by atoms with Crippen LogP contribution in [0.25, 0.3) is 0 Å². The van der Waals surface area contributed by atoms with Crippen LogP contribution in [0.1, 0.15) is 73.6 Å². The number of nitrogens with zero attached hydrogens (tertiary/aromatic N) is 3. The lowest BCUT2D eigenvalue weighted by molar-refractivity contribution is -0.152. The molecule has 15 heteroatoms. The molecule has 5 atom stereocenters. The van der Waals surface area contributed by atoms with E-state index in [1.807, 2.05) is 56.1 Å². The minimum absolute atomic E-state index is 0.0225. The molecule has 1 fully saturated rings. The van der Waals surface area contributed by atoms with Crippen molar-refractivity contribution in [1.82, 2.24) is 31.0 Å². The normalized spacial score (nSPS) is 17.6. The number of nitrogens with one attached hydrogen (secondary N) is 3. The number of hydrogen-bond donors (Lipinski definition) is 4. The van der Waals surface area contributed by atoms with Crippen molar-refractivity contribution in [2.45, 2.75) is 83.3 Å². The summed E-state index contributed by atoms with van der Waals surface area (Å²) in [5.74, 6) is -3.04. The Kier molecular flexibility index (Phi) is 14.3. The quantitative estimate of drug-likeness (QED) is 0.122. The van der Waals surface area contributed by atoms with Gasteiger partial charge in [-0.05, 0) is 37.9 Å². The molecule has 0 bridgehead atoms. The lowest BCUT2D eigenvalue weighted by atomic mass is 9.96. The van der Waals surface area contributed by atoms with Gasteiger partial charge in [-0.15, -0.1) is 11.3 Å². The number of aliphatic hydroxyl groups excluding tert-OH is 1. The fourth-order valence-electron chi connectivity index (χ4n) is 5.49. The first kappa shape index (κ1) is 37.5. The Morgan fingerprint density at radius 2 is 1.85 bits per heavy atom. The van der Waals surface area contributed by atoms with Gasteiger partial charge in [0.1, 0.15) is 16.7 Å². The van der Waals surface area contributed by atoms with Crippen LogP contribution in [0.2, 0.25) is 0 Å². The molecule has 2 aromatic rings. The summed E-state index contributed by atoms with van der Waals surface area (Å²) >= 11 is 1.10. The Hall–Kier alpha value is -3.92. The number of rotatable bonds is 15. The molecule has 0 spiro atoms. The molecule has 3 amide bonds. The Labute approximate surface area is 279 Å². The highest BCUT2D eigenvalue weighted by Crippen LogP contribution is 2.30. The highest BCUT2D eigenvalue weighted by molar-refractivity contribution is 7.09. The number of esters is 2. The van der Waals surface area contributed by atoms with Gasteiger partial charge in [0, 0.05) is 38.2 Å². The number of methoxy groups -OCH3 is 1. The summed E-state index contributed by atoms with van der Waals surface area (Å²) in [6, 6.07) is 7.41. The molecule has 258 valence electrons. The SMILES string of the molecule is COC(=O)[C@H](Cc1ccccc1)NNC(=O)c1csc([C@@H](C[C@H](C(C)C)N(C)C(=O)[C@H](O)NC(=O)[C@H]2CCCCN2C)OC(C)=O)n1. The predicted molar refractivity (Wildman–Crippen MR) is 174 cm³/mol. The number of likely N-dealkylation sites (tertiary alicyclic amines) is 1. The lowest BCUT2D eigenvalue weighted by Crippen LogP contribution is -2.56. The number of thiazole rings is 1. The first-order valence-electron chi connectivity index (χ1n) is 15.6. The van der Waals surface area contributed by atoms with Crippen molar-refractivity contribution < 1.29 is 38.6 Å². The van der Waals surface area contributed by atoms with Crippen LogP contribution in [0.3, 0.4) is 0 Å². The van der Waals surface area contributed by atoms with E-state index >= 15 is 0 Å². The summed E-state index contributed by atoms with van der Waals surface area (Å²) in [4.78, 5) is 71.1. The van der Waals surface area contributed by atoms with Crippen LogP contribution in [0.15, 0.2) is 35.7 Å². The third kappa shape index (κ3) is 10.8. The fraction of sp³-hybridized carbons (Fsp3) is 0.562. The topological polar surface area (TPSA) is 180 Å². The zero-order valence-corrected chi connectivity index (χ0v) is 28.5. The number of ether oxygens (including phenoxy) is 2. The van der Waals surface area contributed by atoms with E-state index in [2.05, 4.69) is 21.2 Å². The number of aliphatic hydroxyl groups is 1. The van der Waals surface area contributed by atoms with Crippen LogP contribution in [0.4, 0.5) is 0 Å². The van der Waals surface area contributed by atoms with Gasteiger partial charge in [0.05, 0.1) is 13.2 Å². The number of hydrazine groups is 1. The lowest BCUT2D eigenvalue weighted by Gasteiger charge is -2.35. The van der Waals surface area contributed by atoms with Crippen molar-refractivity contribution in [3.05, 3.63) is 52.0 Å². The van der Waals surface area contributed by atoms with Crippen molar-refractivity contribution in [2.24, 2.45) is 5.92 Å². The standard InChI is InChI=1S/C32H46N6O8S/c1-19(2)25(38(5)31(43)29(42)34-28(41)24-14-10-11-15-37(24)4)17-26(46-20(3)39)30-33-23(18-47-30)27(40)36-35-22(32(44)45-6)16-21-12-8-7-9-13-21/h7-9,12-13,18-19,22,24-26,29,35,42H,10-11,14-17H2,1-6H3,(H,34,41)(H,36,40)/t22-,24+,25+,26+,29-/m0/s1. The van der Waals surface area contributed by atoms with Gasteiger partial charge in [0.25, 0.3) is 11.8 Å². The van der Waals surface area contributed by atoms with Crippen LogP contribution in [-0.4, -0.2) is 102 Å². The summed E-state index contributed by atoms with van der Waals surface area (Å²) in [6.07, 6.45) is 0.215. The maximum absolute atomic E-state index is 13.3. The monoisotopic (exact) mass is 674 g/mol. The average Bonchev–Trinajstić information content (AvgIpc) is 3.54. The molecule has 0 unspecified atom stereocenters. The van der Waals surface area contributed by atoms with Crippen LogP contribution >= 0.6 is 11.3 Å². The second-order valence-corrected chi connectivity index (χ2v) is 12.8. The van der Waals surface area contributed by atoms with Gasteiger partial charge in [-0.1, -0.05) is 50.6 Å². The van der Waals surface area contributed by atoms with Crippen LogP contribution in [-0.2, 0) is 35.1 Å². The number of benzene rings is 1. The second-order valence-electron chi connectivity index (χ2n) is 11.9. The van der Waals surface area contributed by atoms with Gasteiger partial charge in [-0.2, -0.15) is 0 Å². The summed E-state index contributed by atoms with van der Waals surface area (Å²) in [7, 11) is 4.61. The van der Waals surface area contributed by atoms with E-state index in [9.17, 15) is 29.1 Å². The van der Waals surface area contributed by atoms with Crippen LogP contribution < -0.4 is 16.2 Å². The Bertz CT molecular complexity index is 1370. The van der Waals surface area contributed by atoms with Crippen LogP contribution in [0, 0.1) is 5.92 Å². The maximum Gasteiger partial charge on any atom is 0.325 e. The van der Waals surface area contributed by atoms with E-state index in [1.54, 1.807) is 0 Å². The molecule has 1 aromatic heterocycles. The third-order valence-corrected chi connectivity index (χ3v) is 9.06. The third-order valence-electron chi connectivity index (χ3n) is 8.12. The molecule has 4 N–H and O–H groups in total. The van der Waals surface area contributed by atoms with Gasteiger partial charge in [-0.25, -0.2) is 10.4 Å². The van der Waals surface area contributed by atoms with Crippen LogP contribution in [0.5, 0.6) is 0 Å². The molecule has 1 aromatic carbocycles. The number of aromatic nitrogens is 1. The molecule has 0 radical (unpaired) electrons. The molecule has 2 heterocycles. The average molecular weight is 675 g/mol. The van der Waals surface area contributed by atoms with Crippen molar-refractivity contribution in [2.75, 3.05) is 27.7 Å². The first-order valence-corrected chi connectivity index (χ1v) is 16.5. The van der Waals surface area contributed by atoms with Crippen molar-refractivity contribution in [3.8, 4) is 0 Å². The smallest absolute Gasteiger partial charge is 0.325 e. The number of carbonyl (C=O) groups excluding carboxylic acids is 5. The fourth-order valence-corrected chi connectivity index (χ4v) is 6.33. The molecule has 14 nitrogen and oxygen atoms in total. The van der Waals surface area contributed by atoms with Gasteiger partial charge in [-0.3, -0.25) is 34.3 Å². The zero-order valence-electron chi connectivity index (χ0n) is 27.7. The van der Waals surface area contributed by atoms with E-state index in [0.29, 0.717) is 11.4 Å².